The third kappa shape index (κ3) is 4.01. The molecule has 0 radical (unpaired) electrons. The fourth-order valence-electron chi connectivity index (χ4n) is 2.26. The van der Waals surface area contributed by atoms with Crippen molar-refractivity contribution in [1.82, 2.24) is 9.21 Å². The first kappa shape index (κ1) is 18.2. The number of aryl methyl sites for hydroxylation is 1. The van der Waals surface area contributed by atoms with E-state index < -0.39 is 10.0 Å². The van der Waals surface area contributed by atoms with E-state index in [1.54, 1.807) is 24.1 Å². The van der Waals surface area contributed by atoms with Gasteiger partial charge in [-0.2, -0.15) is 0 Å². The lowest BCUT2D eigenvalue weighted by atomic mass is 10.1. The minimum Gasteiger partial charge on any atom is -0.337 e. The van der Waals surface area contributed by atoms with E-state index in [0.29, 0.717) is 12.1 Å². The fourth-order valence-corrected chi connectivity index (χ4v) is 3.21. The van der Waals surface area contributed by atoms with Gasteiger partial charge in [0.05, 0.1) is 4.90 Å². The molecule has 0 spiro atoms. The van der Waals surface area contributed by atoms with Gasteiger partial charge in [-0.1, -0.05) is 35.9 Å². The summed E-state index contributed by atoms with van der Waals surface area (Å²) >= 11 is 0. The zero-order valence-electron chi connectivity index (χ0n) is 14.4. The Hall–Kier alpha value is -2.18. The molecular weight excluding hydrogens is 324 g/mol. The Kier molecular flexibility index (Phi) is 5.41. The number of rotatable bonds is 5. The highest BCUT2D eigenvalue weighted by molar-refractivity contribution is 7.89. The largest absolute Gasteiger partial charge is 0.337 e. The molecule has 6 heteroatoms. The topological polar surface area (TPSA) is 57.7 Å². The van der Waals surface area contributed by atoms with Crippen LogP contribution in [0.3, 0.4) is 0 Å². The zero-order valence-corrected chi connectivity index (χ0v) is 15.2. The van der Waals surface area contributed by atoms with E-state index in [-0.39, 0.29) is 10.8 Å². The number of carbonyl (C=O) groups is 1. The molecule has 0 fully saturated rings. The summed E-state index contributed by atoms with van der Waals surface area (Å²) in [5.74, 6) is -0.216. The Balaban J connectivity index is 2.22. The molecule has 2 aromatic rings. The Labute approximate surface area is 143 Å². The van der Waals surface area contributed by atoms with Crippen LogP contribution in [0.4, 0.5) is 0 Å². The summed E-state index contributed by atoms with van der Waals surface area (Å²) in [6, 6.07) is 14.1. The van der Waals surface area contributed by atoms with Crippen LogP contribution >= 0.6 is 0 Å². The second-order valence-electron chi connectivity index (χ2n) is 5.96. The van der Waals surface area contributed by atoms with Crippen molar-refractivity contribution in [3.63, 3.8) is 0 Å². The molecule has 0 bridgehead atoms. The van der Waals surface area contributed by atoms with Crippen molar-refractivity contribution in [2.75, 3.05) is 21.1 Å². The van der Waals surface area contributed by atoms with Gasteiger partial charge in [0.15, 0.2) is 0 Å². The van der Waals surface area contributed by atoms with Crippen molar-refractivity contribution in [2.45, 2.75) is 18.4 Å². The quantitative estimate of drug-likeness (QED) is 0.836. The van der Waals surface area contributed by atoms with Gasteiger partial charge in [0, 0.05) is 33.3 Å². The van der Waals surface area contributed by atoms with Crippen LogP contribution in [0.1, 0.15) is 21.5 Å². The summed E-state index contributed by atoms with van der Waals surface area (Å²) < 4.78 is 25.5. The summed E-state index contributed by atoms with van der Waals surface area (Å²) in [6.45, 7) is 2.47. The molecule has 2 aromatic carbocycles. The molecule has 0 saturated carbocycles. The first-order chi connectivity index (χ1) is 11.2. The van der Waals surface area contributed by atoms with Crippen LogP contribution in [0.25, 0.3) is 0 Å². The molecule has 1 amide bonds. The molecule has 0 atom stereocenters. The average molecular weight is 346 g/mol. The maximum Gasteiger partial charge on any atom is 0.253 e. The van der Waals surface area contributed by atoms with Gasteiger partial charge in [0.2, 0.25) is 10.0 Å². The molecule has 5 nitrogen and oxygen atoms in total. The monoisotopic (exact) mass is 346 g/mol. The van der Waals surface area contributed by atoms with E-state index >= 15 is 0 Å². The van der Waals surface area contributed by atoms with Crippen molar-refractivity contribution in [2.24, 2.45) is 0 Å². The van der Waals surface area contributed by atoms with Gasteiger partial charge in [-0.3, -0.25) is 4.79 Å². The van der Waals surface area contributed by atoms with Crippen LogP contribution in [0.5, 0.6) is 0 Å². The molecule has 128 valence electrons. The van der Waals surface area contributed by atoms with Crippen molar-refractivity contribution in [1.29, 1.82) is 0 Å². The molecule has 0 aliphatic rings. The lowest BCUT2D eigenvalue weighted by Gasteiger charge is -2.18. The van der Waals surface area contributed by atoms with Gasteiger partial charge >= 0.3 is 0 Å². The standard InChI is InChI=1S/C18H22N2O3S/c1-14-8-10-15(11-9-14)13-20(4)18(21)16-6-5-7-17(12-16)24(22,23)19(2)3/h5-12H,13H2,1-4H3. The summed E-state index contributed by atoms with van der Waals surface area (Å²) in [5.41, 5.74) is 2.54. The van der Waals surface area contributed by atoms with Gasteiger partial charge in [-0.25, -0.2) is 12.7 Å². The molecule has 0 unspecified atom stereocenters. The van der Waals surface area contributed by atoms with E-state index in [1.165, 1.54) is 26.2 Å². The highest BCUT2D eigenvalue weighted by atomic mass is 32.2. The van der Waals surface area contributed by atoms with E-state index in [0.717, 1.165) is 15.4 Å². The number of benzene rings is 2. The first-order valence-corrected chi connectivity index (χ1v) is 8.99. The van der Waals surface area contributed by atoms with Gasteiger partial charge in [-0.05, 0) is 30.7 Å². The lowest BCUT2D eigenvalue weighted by Crippen LogP contribution is -2.27. The van der Waals surface area contributed by atoms with Crippen molar-refractivity contribution >= 4 is 15.9 Å². The average Bonchev–Trinajstić information content (AvgIpc) is 2.56. The highest BCUT2D eigenvalue weighted by Crippen LogP contribution is 2.16. The minimum absolute atomic E-state index is 0.113. The van der Waals surface area contributed by atoms with Crippen molar-refractivity contribution in [3.8, 4) is 0 Å². The fraction of sp³-hybridized carbons (Fsp3) is 0.278. The molecule has 0 heterocycles. The summed E-state index contributed by atoms with van der Waals surface area (Å²) in [7, 11) is 1.08. The van der Waals surface area contributed by atoms with Crippen LogP contribution in [0.15, 0.2) is 53.4 Å². The minimum atomic E-state index is -3.56. The van der Waals surface area contributed by atoms with Crippen molar-refractivity contribution in [3.05, 3.63) is 65.2 Å². The van der Waals surface area contributed by atoms with Crippen molar-refractivity contribution < 1.29 is 13.2 Å². The molecule has 0 aromatic heterocycles. The van der Waals surface area contributed by atoms with E-state index in [1.807, 2.05) is 31.2 Å². The van der Waals surface area contributed by atoms with Gasteiger partial charge < -0.3 is 4.90 Å². The maximum atomic E-state index is 12.6. The number of sulfonamides is 1. The van der Waals surface area contributed by atoms with Gasteiger partial charge in [0.25, 0.3) is 5.91 Å². The molecule has 0 saturated heterocycles. The number of hydrogen-bond acceptors (Lipinski definition) is 3. The number of hydrogen-bond donors (Lipinski definition) is 0. The van der Waals surface area contributed by atoms with Crippen LogP contribution in [-0.4, -0.2) is 44.7 Å². The predicted molar refractivity (Wildman–Crippen MR) is 94.3 cm³/mol. The van der Waals surface area contributed by atoms with Gasteiger partial charge in [-0.15, -0.1) is 0 Å². The van der Waals surface area contributed by atoms with Crippen LogP contribution in [0, 0.1) is 6.92 Å². The third-order valence-electron chi connectivity index (χ3n) is 3.75. The SMILES string of the molecule is Cc1ccc(CN(C)C(=O)c2cccc(S(=O)(=O)N(C)C)c2)cc1. The van der Waals surface area contributed by atoms with E-state index in [2.05, 4.69) is 0 Å². The molecule has 24 heavy (non-hydrogen) atoms. The molecule has 0 N–H and O–H groups in total. The second-order valence-corrected chi connectivity index (χ2v) is 8.11. The number of carbonyl (C=O) groups excluding carboxylic acids is 1. The Morgan fingerprint density at radius 2 is 1.62 bits per heavy atom. The normalized spacial score (nSPS) is 11.5. The Morgan fingerprint density at radius 1 is 1.00 bits per heavy atom. The predicted octanol–water partition coefficient (Wildman–Crippen LogP) is 2.52. The van der Waals surface area contributed by atoms with Crippen LogP contribution < -0.4 is 0 Å². The summed E-state index contributed by atoms with van der Waals surface area (Å²) in [6.07, 6.45) is 0. The highest BCUT2D eigenvalue weighted by Gasteiger charge is 2.20. The third-order valence-corrected chi connectivity index (χ3v) is 5.56. The number of amides is 1. The Bertz CT molecular complexity index is 828. The van der Waals surface area contributed by atoms with Crippen LogP contribution in [-0.2, 0) is 16.6 Å². The van der Waals surface area contributed by atoms with Gasteiger partial charge in [0.1, 0.15) is 0 Å². The summed E-state index contributed by atoms with van der Waals surface area (Å²) in [5, 5.41) is 0. The molecule has 0 aliphatic carbocycles. The first-order valence-electron chi connectivity index (χ1n) is 7.55. The second kappa shape index (κ2) is 7.15. The lowest BCUT2D eigenvalue weighted by molar-refractivity contribution is 0.0785. The summed E-state index contributed by atoms with van der Waals surface area (Å²) in [4.78, 5) is 14.3. The van der Waals surface area contributed by atoms with Crippen LogP contribution in [0.2, 0.25) is 0 Å². The molecule has 2 rings (SSSR count). The molecule has 0 aliphatic heterocycles. The van der Waals surface area contributed by atoms with E-state index in [9.17, 15) is 13.2 Å². The zero-order chi connectivity index (χ0) is 17.9. The van der Waals surface area contributed by atoms with E-state index in [4.69, 9.17) is 0 Å². The maximum absolute atomic E-state index is 12.6. The Morgan fingerprint density at radius 3 is 2.21 bits per heavy atom. The number of nitrogens with zero attached hydrogens (tertiary/aromatic N) is 2. The molecular formula is C18H22N2O3S. The smallest absolute Gasteiger partial charge is 0.253 e.